The van der Waals surface area contributed by atoms with Crippen molar-refractivity contribution in [3.05, 3.63) is 34.9 Å². The zero-order valence-corrected chi connectivity index (χ0v) is 21.2. The van der Waals surface area contributed by atoms with Gasteiger partial charge in [-0.3, -0.25) is 14.7 Å². The van der Waals surface area contributed by atoms with Crippen molar-refractivity contribution in [3.8, 4) is 0 Å². The van der Waals surface area contributed by atoms with Crippen molar-refractivity contribution in [2.75, 3.05) is 46.9 Å². The molecule has 1 aromatic rings. The normalized spacial score (nSPS) is 23.2. The standard InChI is InChI=1S/C22H33ClN4O2.HI/c1-16-13-27(15-19(16)21(28)29-3)22(24-2)25-12-17-8-10-26(11-9-17)14-18-6-4-5-7-20(18)23;/h4-7,16-17,19H,8-15H2,1-3H3,(H,24,25);1H. The van der Waals surface area contributed by atoms with Crippen LogP contribution in [0, 0.1) is 17.8 Å². The minimum atomic E-state index is -0.124. The van der Waals surface area contributed by atoms with Gasteiger partial charge in [0.15, 0.2) is 5.96 Å². The first-order chi connectivity index (χ1) is 14.0. The first-order valence-corrected chi connectivity index (χ1v) is 10.9. The number of nitrogens with zero attached hydrogens (tertiary/aromatic N) is 3. The van der Waals surface area contributed by atoms with E-state index < -0.39 is 0 Å². The fraction of sp³-hybridized carbons (Fsp3) is 0.636. The number of ether oxygens (including phenoxy) is 1. The molecule has 3 rings (SSSR count). The van der Waals surface area contributed by atoms with Crippen LogP contribution >= 0.6 is 35.6 Å². The molecule has 0 radical (unpaired) electrons. The lowest BCUT2D eigenvalue weighted by Crippen LogP contribution is -2.44. The largest absolute Gasteiger partial charge is 0.469 e. The monoisotopic (exact) mass is 548 g/mol. The van der Waals surface area contributed by atoms with E-state index in [-0.39, 0.29) is 41.8 Å². The molecule has 2 aliphatic heterocycles. The van der Waals surface area contributed by atoms with E-state index in [4.69, 9.17) is 16.3 Å². The summed E-state index contributed by atoms with van der Waals surface area (Å²) in [7, 11) is 3.27. The van der Waals surface area contributed by atoms with Crippen LogP contribution in [0.5, 0.6) is 0 Å². The molecule has 2 saturated heterocycles. The van der Waals surface area contributed by atoms with Gasteiger partial charge in [-0.05, 0) is 49.4 Å². The average Bonchev–Trinajstić information content (AvgIpc) is 3.12. The number of guanidine groups is 1. The Balaban J connectivity index is 0.00000320. The molecule has 2 heterocycles. The van der Waals surface area contributed by atoms with E-state index in [1.165, 1.54) is 12.7 Å². The van der Waals surface area contributed by atoms with Gasteiger partial charge in [0, 0.05) is 38.2 Å². The molecule has 2 fully saturated rings. The lowest BCUT2D eigenvalue weighted by molar-refractivity contribution is -0.145. The zero-order chi connectivity index (χ0) is 20.8. The Bertz CT molecular complexity index is 725. The number of hydrogen-bond acceptors (Lipinski definition) is 4. The van der Waals surface area contributed by atoms with Crippen molar-refractivity contribution in [1.82, 2.24) is 15.1 Å². The van der Waals surface area contributed by atoms with Crippen molar-refractivity contribution in [2.24, 2.45) is 22.7 Å². The number of esters is 1. The highest BCUT2D eigenvalue weighted by atomic mass is 127. The van der Waals surface area contributed by atoms with Crippen molar-refractivity contribution in [3.63, 3.8) is 0 Å². The van der Waals surface area contributed by atoms with Crippen LogP contribution in [0.4, 0.5) is 0 Å². The summed E-state index contributed by atoms with van der Waals surface area (Å²) in [5, 5.41) is 4.39. The number of halogens is 2. The van der Waals surface area contributed by atoms with Gasteiger partial charge in [0.05, 0.1) is 13.0 Å². The molecule has 0 spiro atoms. The van der Waals surface area contributed by atoms with E-state index in [9.17, 15) is 4.79 Å². The number of hydrogen-bond donors (Lipinski definition) is 1. The summed E-state index contributed by atoms with van der Waals surface area (Å²) in [6.45, 7) is 7.61. The van der Waals surface area contributed by atoms with E-state index in [1.807, 2.05) is 25.2 Å². The summed E-state index contributed by atoms with van der Waals surface area (Å²) < 4.78 is 4.94. The van der Waals surface area contributed by atoms with Gasteiger partial charge in [0.1, 0.15) is 0 Å². The fourth-order valence-corrected chi connectivity index (χ4v) is 4.58. The molecule has 2 aliphatic rings. The van der Waals surface area contributed by atoms with Crippen LogP contribution in [-0.2, 0) is 16.1 Å². The third-order valence-corrected chi connectivity index (χ3v) is 6.60. The number of methoxy groups -OCH3 is 1. The Morgan fingerprint density at radius 1 is 1.27 bits per heavy atom. The van der Waals surface area contributed by atoms with E-state index >= 15 is 0 Å². The van der Waals surface area contributed by atoms with Crippen LogP contribution in [0.1, 0.15) is 25.3 Å². The van der Waals surface area contributed by atoms with Gasteiger partial charge in [0.2, 0.25) is 0 Å². The van der Waals surface area contributed by atoms with E-state index in [0.717, 1.165) is 56.5 Å². The second kappa shape index (κ2) is 12.1. The molecule has 0 aromatic heterocycles. The molecule has 8 heteroatoms. The highest BCUT2D eigenvalue weighted by Crippen LogP contribution is 2.25. The molecule has 2 atom stereocenters. The van der Waals surface area contributed by atoms with Crippen molar-refractivity contribution in [1.29, 1.82) is 0 Å². The lowest BCUT2D eigenvalue weighted by atomic mass is 9.96. The van der Waals surface area contributed by atoms with Gasteiger partial charge >= 0.3 is 5.97 Å². The third kappa shape index (κ3) is 6.47. The lowest BCUT2D eigenvalue weighted by Gasteiger charge is -2.33. The Hall–Kier alpha value is -1.06. The van der Waals surface area contributed by atoms with Gasteiger partial charge in [0.25, 0.3) is 0 Å². The highest BCUT2D eigenvalue weighted by Gasteiger charge is 2.37. The Morgan fingerprint density at radius 2 is 1.97 bits per heavy atom. The summed E-state index contributed by atoms with van der Waals surface area (Å²) in [5.74, 6) is 1.59. The van der Waals surface area contributed by atoms with E-state index in [0.29, 0.717) is 12.5 Å². The van der Waals surface area contributed by atoms with Crippen LogP contribution < -0.4 is 5.32 Å². The quantitative estimate of drug-likeness (QED) is 0.264. The summed E-state index contributed by atoms with van der Waals surface area (Å²) >= 11 is 6.30. The zero-order valence-electron chi connectivity index (χ0n) is 18.1. The predicted octanol–water partition coefficient (Wildman–Crippen LogP) is 3.49. The smallest absolute Gasteiger partial charge is 0.310 e. The molecule has 0 amide bonds. The summed E-state index contributed by atoms with van der Waals surface area (Å²) in [6, 6.07) is 8.10. The Labute approximate surface area is 202 Å². The Morgan fingerprint density at radius 3 is 2.60 bits per heavy atom. The predicted molar refractivity (Wildman–Crippen MR) is 132 cm³/mol. The topological polar surface area (TPSA) is 57.2 Å². The molecule has 0 bridgehead atoms. The second-order valence-electron chi connectivity index (χ2n) is 8.25. The number of nitrogens with one attached hydrogen (secondary N) is 1. The van der Waals surface area contributed by atoms with Crippen LogP contribution in [-0.4, -0.2) is 68.6 Å². The van der Waals surface area contributed by atoms with Gasteiger partial charge < -0.3 is 15.0 Å². The molecular formula is C22H34ClIN4O2. The maximum absolute atomic E-state index is 11.9. The SMILES string of the molecule is CN=C(NCC1CCN(Cc2ccccc2Cl)CC1)N1CC(C)C(C(=O)OC)C1.I. The first kappa shape index (κ1) is 25.2. The van der Waals surface area contributed by atoms with Crippen LogP contribution in [0.3, 0.4) is 0 Å². The maximum atomic E-state index is 11.9. The van der Waals surface area contributed by atoms with Crippen LogP contribution in [0.2, 0.25) is 5.02 Å². The average molecular weight is 549 g/mol. The number of benzene rings is 1. The number of aliphatic imine (C=N–C) groups is 1. The molecule has 1 N–H and O–H groups in total. The van der Waals surface area contributed by atoms with Gasteiger partial charge in [-0.2, -0.15) is 0 Å². The maximum Gasteiger partial charge on any atom is 0.310 e. The van der Waals surface area contributed by atoms with Crippen molar-refractivity contribution < 1.29 is 9.53 Å². The minimum absolute atomic E-state index is 0. The number of piperidine rings is 1. The van der Waals surface area contributed by atoms with Crippen LogP contribution in [0.25, 0.3) is 0 Å². The van der Waals surface area contributed by atoms with Gasteiger partial charge in [-0.25, -0.2) is 0 Å². The van der Waals surface area contributed by atoms with Crippen LogP contribution in [0.15, 0.2) is 29.3 Å². The minimum Gasteiger partial charge on any atom is -0.469 e. The summed E-state index contributed by atoms with van der Waals surface area (Å²) in [5.41, 5.74) is 1.20. The number of carbonyl (C=O) groups is 1. The molecular weight excluding hydrogens is 515 g/mol. The highest BCUT2D eigenvalue weighted by molar-refractivity contribution is 14.0. The molecule has 1 aromatic carbocycles. The fourth-order valence-electron chi connectivity index (χ4n) is 4.38. The molecule has 30 heavy (non-hydrogen) atoms. The Kier molecular flexibility index (Phi) is 10.2. The molecule has 0 saturated carbocycles. The molecule has 6 nitrogen and oxygen atoms in total. The third-order valence-electron chi connectivity index (χ3n) is 6.24. The van der Waals surface area contributed by atoms with E-state index in [2.05, 4.69) is 33.1 Å². The summed E-state index contributed by atoms with van der Waals surface area (Å²) in [4.78, 5) is 21.1. The molecule has 0 aliphatic carbocycles. The van der Waals surface area contributed by atoms with Crippen molar-refractivity contribution in [2.45, 2.75) is 26.3 Å². The molecule has 168 valence electrons. The second-order valence-corrected chi connectivity index (χ2v) is 8.66. The first-order valence-electron chi connectivity index (χ1n) is 10.5. The van der Waals surface area contributed by atoms with Crippen molar-refractivity contribution >= 4 is 47.5 Å². The molecule has 2 unspecified atom stereocenters. The van der Waals surface area contributed by atoms with Gasteiger partial charge in [-0.15, -0.1) is 24.0 Å². The summed E-state index contributed by atoms with van der Waals surface area (Å²) in [6.07, 6.45) is 2.32. The van der Waals surface area contributed by atoms with E-state index in [1.54, 1.807) is 0 Å². The number of likely N-dealkylation sites (tertiary alicyclic amines) is 2. The number of rotatable bonds is 5. The van der Waals surface area contributed by atoms with Gasteiger partial charge in [-0.1, -0.05) is 36.7 Å². The number of carbonyl (C=O) groups excluding carboxylic acids is 1.